The second-order valence-electron chi connectivity index (χ2n) is 4.76. The van der Waals surface area contributed by atoms with Crippen molar-refractivity contribution in [1.29, 1.82) is 0 Å². The molecule has 1 heterocycles. The molecule has 0 aliphatic rings. The van der Waals surface area contributed by atoms with E-state index >= 15 is 0 Å². The Labute approximate surface area is 144 Å². The van der Waals surface area contributed by atoms with Gasteiger partial charge in [-0.05, 0) is 25.2 Å². The molecule has 25 heavy (non-hydrogen) atoms. The SMILES string of the molecule is CCOC(=S)c1c(COC)[nH]c2c(OC(F)F)c(F)c(F)cc2c1=O. The highest BCUT2D eigenvalue weighted by Crippen LogP contribution is 2.30. The molecule has 0 bridgehead atoms. The largest absolute Gasteiger partial charge is 0.483 e. The lowest BCUT2D eigenvalue weighted by molar-refractivity contribution is -0.0515. The Balaban J connectivity index is 2.88. The van der Waals surface area contributed by atoms with Gasteiger partial charge in [0.2, 0.25) is 11.2 Å². The van der Waals surface area contributed by atoms with E-state index < -0.39 is 40.3 Å². The van der Waals surface area contributed by atoms with Crippen LogP contribution in [-0.4, -0.2) is 30.4 Å². The lowest BCUT2D eigenvalue weighted by Gasteiger charge is -2.15. The molecule has 1 aromatic carbocycles. The molecular weight excluding hydrogens is 366 g/mol. The van der Waals surface area contributed by atoms with Crippen molar-refractivity contribution >= 4 is 28.2 Å². The third kappa shape index (κ3) is 3.74. The van der Waals surface area contributed by atoms with Crippen LogP contribution in [0, 0.1) is 11.6 Å². The van der Waals surface area contributed by atoms with Crippen LogP contribution in [0.1, 0.15) is 18.2 Å². The quantitative estimate of drug-likeness (QED) is 0.617. The van der Waals surface area contributed by atoms with Gasteiger partial charge in [-0.2, -0.15) is 13.2 Å². The third-order valence-corrected chi connectivity index (χ3v) is 3.52. The van der Waals surface area contributed by atoms with Gasteiger partial charge in [-0.3, -0.25) is 4.79 Å². The van der Waals surface area contributed by atoms with Gasteiger partial charge in [0.15, 0.2) is 16.6 Å². The van der Waals surface area contributed by atoms with Crippen molar-refractivity contribution in [2.24, 2.45) is 0 Å². The molecule has 0 spiro atoms. The average Bonchev–Trinajstić information content (AvgIpc) is 2.53. The number of benzene rings is 1. The first-order valence-electron chi connectivity index (χ1n) is 6.99. The van der Waals surface area contributed by atoms with Crippen molar-refractivity contribution in [1.82, 2.24) is 4.98 Å². The second-order valence-corrected chi connectivity index (χ2v) is 5.13. The van der Waals surface area contributed by atoms with Crippen LogP contribution < -0.4 is 10.2 Å². The van der Waals surface area contributed by atoms with E-state index in [1.165, 1.54) is 7.11 Å². The Kier molecular flexibility index (Phi) is 5.96. The van der Waals surface area contributed by atoms with E-state index in [9.17, 15) is 22.4 Å². The van der Waals surface area contributed by atoms with Crippen LogP contribution in [0.2, 0.25) is 0 Å². The third-order valence-electron chi connectivity index (χ3n) is 3.20. The molecule has 1 aromatic heterocycles. The zero-order valence-electron chi connectivity index (χ0n) is 13.1. The molecule has 5 nitrogen and oxygen atoms in total. The number of hydrogen-bond donors (Lipinski definition) is 1. The number of methoxy groups -OCH3 is 1. The van der Waals surface area contributed by atoms with Crippen molar-refractivity contribution in [3.63, 3.8) is 0 Å². The van der Waals surface area contributed by atoms with E-state index in [4.69, 9.17) is 21.7 Å². The number of thiocarbonyl (C=S) groups is 1. The zero-order chi connectivity index (χ0) is 18.7. The lowest BCUT2D eigenvalue weighted by atomic mass is 10.1. The second kappa shape index (κ2) is 7.79. The fourth-order valence-corrected chi connectivity index (χ4v) is 2.60. The molecule has 0 fully saturated rings. The summed E-state index contributed by atoms with van der Waals surface area (Å²) in [5.74, 6) is -4.26. The number of aromatic amines is 1. The number of rotatable bonds is 6. The number of nitrogens with one attached hydrogen (secondary N) is 1. The highest BCUT2D eigenvalue weighted by molar-refractivity contribution is 7.80. The molecule has 2 aromatic rings. The van der Waals surface area contributed by atoms with Crippen LogP contribution in [0.4, 0.5) is 17.6 Å². The molecule has 0 saturated heterocycles. The number of pyridine rings is 1. The Morgan fingerprint density at radius 1 is 1.36 bits per heavy atom. The molecule has 0 saturated carbocycles. The highest BCUT2D eigenvalue weighted by Gasteiger charge is 2.24. The maximum atomic E-state index is 13.9. The van der Waals surface area contributed by atoms with Gasteiger partial charge in [-0.1, -0.05) is 0 Å². The molecule has 10 heteroatoms. The summed E-state index contributed by atoms with van der Waals surface area (Å²) >= 11 is 5.02. The van der Waals surface area contributed by atoms with E-state index in [-0.39, 0.29) is 29.5 Å². The van der Waals surface area contributed by atoms with Crippen molar-refractivity contribution in [2.75, 3.05) is 13.7 Å². The predicted molar refractivity (Wildman–Crippen MR) is 85.2 cm³/mol. The predicted octanol–water partition coefficient (Wildman–Crippen LogP) is 3.27. The minimum Gasteiger partial charge on any atom is -0.483 e. The normalized spacial score (nSPS) is 11.2. The summed E-state index contributed by atoms with van der Waals surface area (Å²) in [5, 5.41) is -0.592. The highest BCUT2D eigenvalue weighted by atomic mass is 32.1. The van der Waals surface area contributed by atoms with E-state index in [0.717, 1.165) is 0 Å². The summed E-state index contributed by atoms with van der Waals surface area (Å²) in [6.45, 7) is -1.79. The van der Waals surface area contributed by atoms with Crippen molar-refractivity contribution in [3.05, 3.63) is 39.2 Å². The summed E-state index contributed by atoms with van der Waals surface area (Å²) in [7, 11) is 1.32. The summed E-state index contributed by atoms with van der Waals surface area (Å²) in [5.41, 5.74) is -1.32. The van der Waals surface area contributed by atoms with Gasteiger partial charge < -0.3 is 19.2 Å². The first-order valence-corrected chi connectivity index (χ1v) is 7.40. The van der Waals surface area contributed by atoms with Crippen molar-refractivity contribution in [2.45, 2.75) is 20.1 Å². The Morgan fingerprint density at radius 2 is 2.04 bits per heavy atom. The van der Waals surface area contributed by atoms with E-state index in [1.807, 2.05) is 0 Å². The number of fused-ring (bicyclic) bond motifs is 1. The minimum atomic E-state index is -3.42. The monoisotopic (exact) mass is 379 g/mol. The van der Waals surface area contributed by atoms with E-state index in [0.29, 0.717) is 6.07 Å². The summed E-state index contributed by atoms with van der Waals surface area (Å²) in [6.07, 6.45) is 0. The molecular formula is C15H13F4NO4S. The van der Waals surface area contributed by atoms with Crippen LogP contribution in [0.15, 0.2) is 10.9 Å². The molecule has 2 rings (SSSR count). The van der Waals surface area contributed by atoms with Crippen LogP contribution in [0.25, 0.3) is 10.9 Å². The maximum absolute atomic E-state index is 13.9. The molecule has 0 atom stereocenters. The van der Waals surface area contributed by atoms with Gasteiger partial charge in [-0.15, -0.1) is 0 Å². The fraction of sp³-hybridized carbons (Fsp3) is 0.333. The van der Waals surface area contributed by atoms with E-state index in [1.54, 1.807) is 6.92 Å². The Morgan fingerprint density at radius 3 is 2.60 bits per heavy atom. The first-order chi connectivity index (χ1) is 11.8. The van der Waals surface area contributed by atoms with Crippen molar-refractivity contribution in [3.8, 4) is 5.75 Å². The molecule has 0 aliphatic carbocycles. The van der Waals surface area contributed by atoms with Crippen molar-refractivity contribution < 1.29 is 31.8 Å². The minimum absolute atomic E-state index is 0.0589. The Bertz CT molecular complexity index is 869. The van der Waals surface area contributed by atoms with Gasteiger partial charge in [-0.25, -0.2) is 4.39 Å². The zero-order valence-corrected chi connectivity index (χ0v) is 13.9. The topological polar surface area (TPSA) is 60.6 Å². The number of hydrogen-bond acceptors (Lipinski definition) is 5. The summed E-state index contributed by atoms with van der Waals surface area (Å²) in [4.78, 5) is 15.2. The van der Waals surface area contributed by atoms with Crippen LogP contribution in [-0.2, 0) is 16.1 Å². The van der Waals surface area contributed by atoms with Gasteiger partial charge >= 0.3 is 6.61 Å². The fourth-order valence-electron chi connectivity index (χ4n) is 2.26. The van der Waals surface area contributed by atoms with Gasteiger partial charge in [0.25, 0.3) is 0 Å². The maximum Gasteiger partial charge on any atom is 0.387 e. The molecule has 0 amide bonds. The first kappa shape index (κ1) is 19.1. The van der Waals surface area contributed by atoms with Crippen LogP contribution >= 0.6 is 12.2 Å². The van der Waals surface area contributed by atoms with Gasteiger partial charge in [0.05, 0.1) is 35.4 Å². The number of H-pyrrole nitrogens is 1. The number of halogens is 4. The average molecular weight is 379 g/mol. The molecule has 0 unspecified atom stereocenters. The van der Waals surface area contributed by atoms with Crippen LogP contribution in [0.3, 0.4) is 0 Å². The molecule has 0 aliphatic heterocycles. The Hall–Kier alpha value is -2.20. The standard InChI is InChI=1S/C15H13F4NO4S/c1-3-23-14(25)9-8(5-22-2)20-11-6(12(9)21)4-7(16)10(17)13(11)24-15(18)19/h4,15H,3,5H2,1-2H3,(H,20,21). The summed E-state index contributed by atoms with van der Waals surface area (Å²) < 4.78 is 66.8. The number of aromatic nitrogens is 1. The van der Waals surface area contributed by atoms with E-state index in [2.05, 4.69) is 9.72 Å². The number of alkyl halides is 2. The summed E-state index contributed by atoms with van der Waals surface area (Å²) in [6, 6.07) is 0.580. The molecule has 1 N–H and O–H groups in total. The molecule has 0 radical (unpaired) electrons. The van der Waals surface area contributed by atoms with Crippen LogP contribution in [0.5, 0.6) is 5.75 Å². The van der Waals surface area contributed by atoms with Gasteiger partial charge in [0.1, 0.15) is 0 Å². The molecule has 136 valence electrons. The lowest BCUT2D eigenvalue weighted by Crippen LogP contribution is -2.22. The number of ether oxygens (including phenoxy) is 3. The smallest absolute Gasteiger partial charge is 0.387 e. The van der Waals surface area contributed by atoms with Gasteiger partial charge in [0, 0.05) is 7.11 Å².